The Bertz CT molecular complexity index is 1020. The van der Waals surface area contributed by atoms with Crippen molar-refractivity contribution in [3.05, 3.63) is 72.1 Å². The largest absolute Gasteiger partial charge is 0.485 e. The van der Waals surface area contributed by atoms with Crippen LogP contribution in [0.15, 0.2) is 60.8 Å². The molecule has 2 aliphatic rings. The van der Waals surface area contributed by atoms with E-state index in [0.29, 0.717) is 37.8 Å². The lowest BCUT2D eigenvalue weighted by atomic mass is 10.1. The van der Waals surface area contributed by atoms with E-state index in [0.717, 1.165) is 11.3 Å². The van der Waals surface area contributed by atoms with Crippen molar-refractivity contribution in [1.82, 2.24) is 19.9 Å². The first-order valence-corrected chi connectivity index (χ1v) is 9.96. The minimum absolute atomic E-state index is 0.0627. The molecule has 0 radical (unpaired) electrons. The Labute approximate surface area is 174 Å². The second-order valence-corrected chi connectivity index (χ2v) is 7.43. The van der Waals surface area contributed by atoms with Gasteiger partial charge in [-0.05, 0) is 17.7 Å². The highest BCUT2D eigenvalue weighted by Crippen LogP contribution is 2.32. The van der Waals surface area contributed by atoms with Crippen molar-refractivity contribution in [3.8, 4) is 11.5 Å². The van der Waals surface area contributed by atoms with Crippen LogP contribution in [0.1, 0.15) is 17.3 Å². The van der Waals surface area contributed by atoms with Crippen LogP contribution in [-0.4, -0.2) is 51.6 Å². The maximum Gasteiger partial charge on any atom is 0.267 e. The molecule has 0 N–H and O–H groups in total. The molecule has 1 unspecified atom stereocenters. The highest BCUT2D eigenvalue weighted by atomic mass is 16.6. The summed E-state index contributed by atoms with van der Waals surface area (Å²) < 4.78 is 19.0. The van der Waals surface area contributed by atoms with Gasteiger partial charge in [-0.1, -0.05) is 47.7 Å². The van der Waals surface area contributed by atoms with Crippen molar-refractivity contribution in [3.63, 3.8) is 0 Å². The number of nitrogens with zero attached hydrogens (tertiary/aromatic N) is 4. The van der Waals surface area contributed by atoms with Gasteiger partial charge in [0, 0.05) is 13.1 Å². The van der Waals surface area contributed by atoms with Gasteiger partial charge in [0.25, 0.3) is 5.91 Å². The van der Waals surface area contributed by atoms with Gasteiger partial charge in [0.1, 0.15) is 12.3 Å². The molecule has 1 aromatic heterocycles. The van der Waals surface area contributed by atoms with E-state index in [-0.39, 0.29) is 18.6 Å². The van der Waals surface area contributed by atoms with Gasteiger partial charge in [0.05, 0.1) is 25.5 Å². The van der Waals surface area contributed by atoms with E-state index >= 15 is 0 Å². The highest BCUT2D eigenvalue weighted by molar-refractivity contribution is 5.82. The molecule has 30 heavy (non-hydrogen) atoms. The smallest absolute Gasteiger partial charge is 0.267 e. The number of benzene rings is 2. The number of rotatable bonds is 6. The lowest BCUT2D eigenvalue weighted by molar-refractivity contribution is -0.147. The number of fused-ring (bicyclic) bond motifs is 1. The topological polar surface area (TPSA) is 78.7 Å². The fraction of sp³-hybridized carbons (Fsp3) is 0.318. The molecule has 0 saturated carbocycles. The molecular weight excluding hydrogens is 384 g/mol. The van der Waals surface area contributed by atoms with Crippen molar-refractivity contribution >= 4 is 5.91 Å². The zero-order valence-electron chi connectivity index (χ0n) is 16.4. The molecule has 2 aromatic carbocycles. The minimum Gasteiger partial charge on any atom is -0.485 e. The van der Waals surface area contributed by atoms with Crippen LogP contribution in [0.5, 0.6) is 11.5 Å². The van der Waals surface area contributed by atoms with Crippen LogP contribution < -0.4 is 9.47 Å². The van der Waals surface area contributed by atoms with E-state index in [1.54, 1.807) is 9.58 Å². The van der Waals surface area contributed by atoms with Crippen LogP contribution in [0.2, 0.25) is 0 Å². The maximum absolute atomic E-state index is 12.7. The van der Waals surface area contributed by atoms with Crippen molar-refractivity contribution in [2.75, 3.05) is 19.7 Å². The first kappa shape index (κ1) is 18.6. The molecule has 8 nitrogen and oxygen atoms in total. The normalized spacial score (nSPS) is 18.1. The molecule has 3 heterocycles. The van der Waals surface area contributed by atoms with Gasteiger partial charge in [-0.3, -0.25) is 4.79 Å². The van der Waals surface area contributed by atoms with Crippen LogP contribution in [0.3, 0.4) is 0 Å². The second-order valence-electron chi connectivity index (χ2n) is 7.43. The Hall–Kier alpha value is -3.39. The van der Waals surface area contributed by atoms with Crippen molar-refractivity contribution in [2.45, 2.75) is 25.4 Å². The predicted octanol–water partition coefficient (Wildman–Crippen LogP) is 2.22. The molecule has 0 spiro atoms. The van der Waals surface area contributed by atoms with Gasteiger partial charge >= 0.3 is 0 Å². The summed E-state index contributed by atoms with van der Waals surface area (Å²) in [5.74, 6) is 1.22. The Morgan fingerprint density at radius 2 is 1.80 bits per heavy atom. The van der Waals surface area contributed by atoms with Gasteiger partial charge < -0.3 is 19.1 Å². The number of aromatic nitrogens is 3. The average Bonchev–Trinajstić information content (AvgIpc) is 3.21. The standard InChI is InChI=1S/C22H22N4O4/c27-22(21-15-29-19-8-4-5-9-20(19)30-21)25-11-18(12-25)26-10-17(23-24-26)14-28-13-16-6-2-1-3-7-16/h1-10,18,21H,11-15H2. The molecule has 0 aliphatic carbocycles. The van der Waals surface area contributed by atoms with Gasteiger partial charge in [-0.15, -0.1) is 5.10 Å². The Morgan fingerprint density at radius 3 is 2.63 bits per heavy atom. The Morgan fingerprint density at radius 1 is 1.03 bits per heavy atom. The number of hydrogen-bond donors (Lipinski definition) is 0. The average molecular weight is 406 g/mol. The summed E-state index contributed by atoms with van der Waals surface area (Å²) in [5, 5.41) is 8.37. The quantitative estimate of drug-likeness (QED) is 0.625. The third-order valence-electron chi connectivity index (χ3n) is 5.25. The highest BCUT2D eigenvalue weighted by Gasteiger charge is 2.38. The first-order valence-electron chi connectivity index (χ1n) is 9.96. The summed E-state index contributed by atoms with van der Waals surface area (Å²) in [4.78, 5) is 14.5. The number of ether oxygens (including phenoxy) is 3. The zero-order valence-corrected chi connectivity index (χ0v) is 16.4. The zero-order chi connectivity index (χ0) is 20.3. The molecule has 5 rings (SSSR count). The third-order valence-corrected chi connectivity index (χ3v) is 5.25. The van der Waals surface area contributed by atoms with Crippen LogP contribution in [-0.2, 0) is 22.7 Å². The van der Waals surface area contributed by atoms with Gasteiger partial charge in [0.2, 0.25) is 6.10 Å². The summed E-state index contributed by atoms with van der Waals surface area (Å²) in [6.45, 7) is 2.31. The second kappa shape index (κ2) is 8.16. The fourth-order valence-corrected chi connectivity index (χ4v) is 3.55. The van der Waals surface area contributed by atoms with E-state index in [1.165, 1.54) is 0 Å². The van der Waals surface area contributed by atoms with Crippen molar-refractivity contribution in [1.29, 1.82) is 0 Å². The summed E-state index contributed by atoms with van der Waals surface area (Å²) in [6, 6.07) is 17.5. The van der Waals surface area contributed by atoms with Crippen LogP contribution in [0, 0.1) is 0 Å². The van der Waals surface area contributed by atoms with E-state index < -0.39 is 6.10 Å². The van der Waals surface area contributed by atoms with Gasteiger partial charge in [-0.25, -0.2) is 4.68 Å². The summed E-state index contributed by atoms with van der Waals surface area (Å²) in [7, 11) is 0. The Balaban J connectivity index is 1.10. The van der Waals surface area contributed by atoms with Crippen LogP contribution in [0.25, 0.3) is 0 Å². The summed E-state index contributed by atoms with van der Waals surface area (Å²) in [5.41, 5.74) is 1.89. The molecule has 8 heteroatoms. The SMILES string of the molecule is O=C(C1COc2ccccc2O1)N1CC(n2cc(COCc3ccccc3)nn2)C1. The number of hydrogen-bond acceptors (Lipinski definition) is 6. The van der Waals surface area contributed by atoms with E-state index in [2.05, 4.69) is 10.3 Å². The molecule has 3 aromatic rings. The number of para-hydroxylation sites is 2. The first-order chi connectivity index (χ1) is 14.8. The van der Waals surface area contributed by atoms with Crippen LogP contribution in [0.4, 0.5) is 0 Å². The lowest BCUT2D eigenvalue weighted by Gasteiger charge is -2.41. The van der Waals surface area contributed by atoms with E-state index in [9.17, 15) is 4.79 Å². The van der Waals surface area contributed by atoms with Crippen molar-refractivity contribution in [2.24, 2.45) is 0 Å². The Kier molecular flexibility index (Phi) is 5.06. The molecule has 2 aliphatic heterocycles. The molecule has 0 bridgehead atoms. The number of amides is 1. The van der Waals surface area contributed by atoms with E-state index in [4.69, 9.17) is 14.2 Å². The number of carbonyl (C=O) groups excluding carboxylic acids is 1. The lowest BCUT2D eigenvalue weighted by Crippen LogP contribution is -2.56. The molecule has 1 fully saturated rings. The monoisotopic (exact) mass is 406 g/mol. The number of likely N-dealkylation sites (tertiary alicyclic amines) is 1. The summed E-state index contributed by atoms with van der Waals surface area (Å²) >= 11 is 0. The van der Waals surface area contributed by atoms with Crippen LogP contribution >= 0.6 is 0 Å². The van der Waals surface area contributed by atoms with Gasteiger partial charge in [0.15, 0.2) is 11.5 Å². The van der Waals surface area contributed by atoms with Crippen molar-refractivity contribution < 1.29 is 19.0 Å². The maximum atomic E-state index is 12.7. The predicted molar refractivity (Wildman–Crippen MR) is 107 cm³/mol. The number of carbonyl (C=O) groups is 1. The molecule has 1 atom stereocenters. The van der Waals surface area contributed by atoms with E-state index in [1.807, 2.05) is 60.8 Å². The fourth-order valence-electron chi connectivity index (χ4n) is 3.55. The molecule has 154 valence electrons. The molecule has 1 saturated heterocycles. The summed E-state index contributed by atoms with van der Waals surface area (Å²) in [6.07, 6.45) is 1.27. The third kappa shape index (κ3) is 3.86. The molecule has 1 amide bonds. The minimum atomic E-state index is -0.612. The molecular formula is C22H22N4O4. The van der Waals surface area contributed by atoms with Gasteiger partial charge in [-0.2, -0.15) is 0 Å².